The third-order valence-corrected chi connectivity index (χ3v) is 4.03. The number of nitrogens with zero attached hydrogens (tertiary/aromatic N) is 3. The van der Waals surface area contributed by atoms with Crippen LogP contribution in [-0.4, -0.2) is 32.3 Å². The third-order valence-electron chi connectivity index (χ3n) is 4.03. The van der Waals surface area contributed by atoms with E-state index in [0.29, 0.717) is 6.42 Å². The average Bonchev–Trinajstić information content (AvgIpc) is 3.05. The predicted molar refractivity (Wildman–Crippen MR) is 76.3 cm³/mol. The fourth-order valence-electron chi connectivity index (χ4n) is 2.91. The molecule has 3 heterocycles. The lowest BCUT2D eigenvalue weighted by Crippen LogP contribution is -2.08. The first-order valence-corrected chi connectivity index (χ1v) is 7.25. The van der Waals surface area contributed by atoms with E-state index in [1.54, 1.807) is 4.52 Å². The van der Waals surface area contributed by atoms with Crippen LogP contribution < -0.4 is 0 Å². The minimum Gasteiger partial charge on any atom is -0.481 e. The predicted octanol–water partition coefficient (Wildman–Crippen LogP) is 2.21. The van der Waals surface area contributed by atoms with E-state index in [0.717, 1.165) is 47.7 Å². The third kappa shape index (κ3) is 2.63. The van der Waals surface area contributed by atoms with Crippen LogP contribution >= 0.6 is 0 Å². The molecule has 0 bridgehead atoms. The zero-order valence-electron chi connectivity index (χ0n) is 12.3. The standard InChI is InChI=1S/C15H19N3O3/c1-9-11(5-6-15(19)20)10(2)18-14(16-9)8-12(17-18)13-4-3-7-21-13/h8,13H,3-7H2,1-2H3,(H,19,20). The maximum atomic E-state index is 10.8. The SMILES string of the molecule is Cc1nc2cc(C3CCCO3)nn2c(C)c1CCC(=O)O. The average molecular weight is 289 g/mol. The Bertz CT molecular complexity index is 687. The molecule has 112 valence electrons. The molecular weight excluding hydrogens is 270 g/mol. The highest BCUT2D eigenvalue weighted by Gasteiger charge is 2.22. The van der Waals surface area contributed by atoms with Crippen molar-refractivity contribution >= 4 is 11.6 Å². The number of ether oxygens (including phenoxy) is 1. The monoisotopic (exact) mass is 289 g/mol. The molecule has 6 nitrogen and oxygen atoms in total. The number of aliphatic carboxylic acids is 1. The second kappa shape index (κ2) is 5.44. The van der Waals surface area contributed by atoms with Gasteiger partial charge in [0.2, 0.25) is 0 Å². The Hall–Kier alpha value is -1.95. The lowest BCUT2D eigenvalue weighted by Gasteiger charge is -2.09. The molecule has 1 atom stereocenters. The van der Waals surface area contributed by atoms with Gasteiger partial charge in [-0.25, -0.2) is 9.50 Å². The fourth-order valence-corrected chi connectivity index (χ4v) is 2.91. The summed E-state index contributed by atoms with van der Waals surface area (Å²) in [6, 6.07) is 1.97. The molecule has 3 rings (SSSR count). The number of rotatable bonds is 4. The lowest BCUT2D eigenvalue weighted by atomic mass is 10.1. The second-order valence-electron chi connectivity index (χ2n) is 5.50. The summed E-state index contributed by atoms with van der Waals surface area (Å²) in [7, 11) is 0. The van der Waals surface area contributed by atoms with E-state index in [1.807, 2.05) is 19.9 Å². The van der Waals surface area contributed by atoms with Gasteiger partial charge in [-0.2, -0.15) is 5.10 Å². The summed E-state index contributed by atoms with van der Waals surface area (Å²) in [6.45, 7) is 4.67. The van der Waals surface area contributed by atoms with Crippen molar-refractivity contribution in [2.75, 3.05) is 6.61 Å². The molecule has 1 saturated heterocycles. The van der Waals surface area contributed by atoms with Gasteiger partial charge in [-0.1, -0.05) is 0 Å². The Balaban J connectivity index is 2.00. The lowest BCUT2D eigenvalue weighted by molar-refractivity contribution is -0.136. The van der Waals surface area contributed by atoms with Crippen LogP contribution in [0.15, 0.2) is 6.07 Å². The number of carbonyl (C=O) groups is 1. The van der Waals surface area contributed by atoms with Crippen LogP contribution in [0, 0.1) is 13.8 Å². The summed E-state index contributed by atoms with van der Waals surface area (Å²) in [6.07, 6.45) is 2.70. The Morgan fingerprint density at radius 2 is 2.33 bits per heavy atom. The molecular formula is C15H19N3O3. The topological polar surface area (TPSA) is 76.7 Å². The fraction of sp³-hybridized carbons (Fsp3) is 0.533. The summed E-state index contributed by atoms with van der Waals surface area (Å²) < 4.78 is 7.47. The van der Waals surface area contributed by atoms with E-state index in [-0.39, 0.29) is 12.5 Å². The van der Waals surface area contributed by atoms with E-state index < -0.39 is 5.97 Å². The first-order chi connectivity index (χ1) is 10.1. The van der Waals surface area contributed by atoms with Gasteiger partial charge >= 0.3 is 5.97 Å². The van der Waals surface area contributed by atoms with Crippen LogP contribution in [0.3, 0.4) is 0 Å². The zero-order valence-corrected chi connectivity index (χ0v) is 12.3. The van der Waals surface area contributed by atoms with Crippen LogP contribution in [0.4, 0.5) is 0 Å². The van der Waals surface area contributed by atoms with Gasteiger partial charge < -0.3 is 9.84 Å². The van der Waals surface area contributed by atoms with Crippen molar-refractivity contribution in [3.63, 3.8) is 0 Å². The van der Waals surface area contributed by atoms with Crippen molar-refractivity contribution in [3.05, 3.63) is 28.7 Å². The number of aryl methyl sites for hydroxylation is 2. The molecule has 0 spiro atoms. The molecule has 0 saturated carbocycles. The van der Waals surface area contributed by atoms with Crippen LogP contribution in [-0.2, 0) is 16.0 Å². The van der Waals surface area contributed by atoms with E-state index in [2.05, 4.69) is 10.1 Å². The minimum atomic E-state index is -0.797. The van der Waals surface area contributed by atoms with Gasteiger partial charge in [0.1, 0.15) is 6.10 Å². The van der Waals surface area contributed by atoms with Crippen molar-refractivity contribution in [3.8, 4) is 0 Å². The van der Waals surface area contributed by atoms with Crippen molar-refractivity contribution in [1.82, 2.24) is 14.6 Å². The van der Waals surface area contributed by atoms with Crippen molar-refractivity contribution in [1.29, 1.82) is 0 Å². The van der Waals surface area contributed by atoms with Crippen molar-refractivity contribution in [2.24, 2.45) is 0 Å². The minimum absolute atomic E-state index is 0.0638. The van der Waals surface area contributed by atoms with E-state index >= 15 is 0 Å². The Kier molecular flexibility index (Phi) is 3.63. The Morgan fingerprint density at radius 3 is 3.00 bits per heavy atom. The molecule has 2 aromatic heterocycles. The number of hydrogen-bond donors (Lipinski definition) is 1. The van der Waals surface area contributed by atoms with Crippen LogP contribution in [0.5, 0.6) is 0 Å². The molecule has 1 fully saturated rings. The molecule has 6 heteroatoms. The maximum absolute atomic E-state index is 10.8. The van der Waals surface area contributed by atoms with Gasteiger partial charge in [-0.15, -0.1) is 0 Å². The van der Waals surface area contributed by atoms with Gasteiger partial charge in [0.15, 0.2) is 5.65 Å². The largest absolute Gasteiger partial charge is 0.481 e. The van der Waals surface area contributed by atoms with Crippen LogP contribution in [0.2, 0.25) is 0 Å². The number of carboxylic acids is 1. The summed E-state index contributed by atoms with van der Waals surface area (Å²) in [5.41, 5.74) is 4.52. The second-order valence-corrected chi connectivity index (χ2v) is 5.50. The molecule has 1 N–H and O–H groups in total. The van der Waals surface area contributed by atoms with E-state index in [4.69, 9.17) is 9.84 Å². The molecule has 0 aliphatic carbocycles. The number of carboxylic acid groups (broad SMARTS) is 1. The summed E-state index contributed by atoms with van der Waals surface area (Å²) in [5.74, 6) is -0.797. The van der Waals surface area contributed by atoms with Crippen LogP contribution in [0.25, 0.3) is 5.65 Å². The summed E-state index contributed by atoms with van der Waals surface area (Å²) >= 11 is 0. The normalized spacial score (nSPS) is 18.5. The molecule has 0 aromatic carbocycles. The molecule has 0 amide bonds. The van der Waals surface area contributed by atoms with Crippen LogP contribution in [0.1, 0.15) is 48.0 Å². The summed E-state index contributed by atoms with van der Waals surface area (Å²) in [5, 5.41) is 13.5. The first-order valence-electron chi connectivity index (χ1n) is 7.25. The maximum Gasteiger partial charge on any atom is 0.303 e. The molecule has 1 aliphatic heterocycles. The Labute approximate surface area is 122 Å². The quantitative estimate of drug-likeness (QED) is 0.933. The van der Waals surface area contributed by atoms with Gasteiger partial charge in [0.05, 0.1) is 5.69 Å². The molecule has 1 unspecified atom stereocenters. The molecule has 2 aromatic rings. The van der Waals surface area contributed by atoms with Gasteiger partial charge in [0.25, 0.3) is 0 Å². The van der Waals surface area contributed by atoms with Gasteiger partial charge in [-0.05, 0) is 38.7 Å². The summed E-state index contributed by atoms with van der Waals surface area (Å²) in [4.78, 5) is 15.3. The highest BCUT2D eigenvalue weighted by Crippen LogP contribution is 2.28. The zero-order chi connectivity index (χ0) is 15.0. The number of hydrogen-bond acceptors (Lipinski definition) is 4. The molecule has 21 heavy (non-hydrogen) atoms. The van der Waals surface area contributed by atoms with Crippen molar-refractivity contribution < 1.29 is 14.6 Å². The molecule has 0 radical (unpaired) electrons. The Morgan fingerprint density at radius 1 is 1.52 bits per heavy atom. The van der Waals surface area contributed by atoms with E-state index in [1.165, 1.54) is 0 Å². The highest BCUT2D eigenvalue weighted by molar-refractivity contribution is 5.67. The molecule has 1 aliphatic rings. The first kappa shape index (κ1) is 14.0. The van der Waals surface area contributed by atoms with E-state index in [9.17, 15) is 4.79 Å². The number of aromatic nitrogens is 3. The highest BCUT2D eigenvalue weighted by atomic mass is 16.5. The van der Waals surface area contributed by atoms with Gasteiger partial charge in [0, 0.05) is 30.5 Å². The van der Waals surface area contributed by atoms with Gasteiger partial charge in [-0.3, -0.25) is 4.79 Å². The smallest absolute Gasteiger partial charge is 0.303 e. The number of fused-ring (bicyclic) bond motifs is 1. The van der Waals surface area contributed by atoms with Crippen molar-refractivity contribution in [2.45, 2.75) is 45.6 Å².